The lowest BCUT2D eigenvalue weighted by molar-refractivity contribution is -0.384. The summed E-state index contributed by atoms with van der Waals surface area (Å²) in [5.74, 6) is -1.24. The van der Waals surface area contributed by atoms with E-state index in [-0.39, 0.29) is 23.5 Å². The number of anilines is 1. The minimum absolute atomic E-state index is 0.0336. The summed E-state index contributed by atoms with van der Waals surface area (Å²) in [5, 5.41) is 32.3. The van der Waals surface area contributed by atoms with Crippen molar-refractivity contribution in [1.29, 1.82) is 0 Å². The van der Waals surface area contributed by atoms with Crippen molar-refractivity contribution in [1.82, 2.24) is 0 Å². The first-order chi connectivity index (χ1) is 8.99. The third-order valence-corrected chi connectivity index (χ3v) is 3.47. The monoisotopic (exact) mass is 266 g/mol. The fraction of sp³-hybridized carbons (Fsp3) is 0.417. The number of benzene rings is 1. The van der Waals surface area contributed by atoms with E-state index in [0.29, 0.717) is 12.8 Å². The fourth-order valence-electron chi connectivity index (χ4n) is 2.19. The standard InChI is InChI=1S/C12H14N2O5/c15-7-12(5-2-6-12)13-10-8(11(16)17)3-1-4-9(10)14(18)19/h1,3-4,13,15H,2,5-7H2,(H,16,17). The molecule has 7 heteroatoms. The first-order valence-corrected chi connectivity index (χ1v) is 5.89. The zero-order chi connectivity index (χ0) is 14.0. The molecule has 1 fully saturated rings. The second-order valence-corrected chi connectivity index (χ2v) is 4.68. The molecule has 0 aliphatic heterocycles. The average molecular weight is 266 g/mol. The molecule has 0 radical (unpaired) electrons. The number of rotatable bonds is 5. The van der Waals surface area contributed by atoms with Crippen LogP contribution in [-0.4, -0.2) is 33.3 Å². The van der Waals surface area contributed by atoms with Crippen LogP contribution in [0.25, 0.3) is 0 Å². The maximum atomic E-state index is 11.2. The molecule has 7 nitrogen and oxygen atoms in total. The predicted molar refractivity (Wildman–Crippen MR) is 67.3 cm³/mol. The lowest BCUT2D eigenvalue weighted by Gasteiger charge is -2.41. The molecule has 0 atom stereocenters. The number of aliphatic hydroxyl groups excluding tert-OH is 1. The van der Waals surface area contributed by atoms with Gasteiger partial charge in [0, 0.05) is 6.07 Å². The smallest absolute Gasteiger partial charge is 0.338 e. The molecule has 1 aromatic carbocycles. The van der Waals surface area contributed by atoms with Crippen LogP contribution in [-0.2, 0) is 0 Å². The van der Waals surface area contributed by atoms with Gasteiger partial charge in [0.1, 0.15) is 5.69 Å². The van der Waals surface area contributed by atoms with E-state index in [0.717, 1.165) is 6.42 Å². The highest BCUT2D eigenvalue weighted by molar-refractivity contribution is 5.97. The molecule has 1 aromatic rings. The number of carboxylic acids is 1. The van der Waals surface area contributed by atoms with Crippen molar-refractivity contribution in [2.24, 2.45) is 0 Å². The number of nitro groups is 1. The quantitative estimate of drug-likeness (QED) is 0.551. The molecule has 1 saturated carbocycles. The molecule has 0 amide bonds. The number of nitrogens with zero attached hydrogens (tertiary/aromatic N) is 1. The van der Waals surface area contributed by atoms with Gasteiger partial charge in [0.25, 0.3) is 5.69 Å². The Morgan fingerprint density at radius 1 is 1.47 bits per heavy atom. The van der Waals surface area contributed by atoms with Crippen molar-refractivity contribution in [3.05, 3.63) is 33.9 Å². The van der Waals surface area contributed by atoms with Gasteiger partial charge in [-0.3, -0.25) is 10.1 Å². The van der Waals surface area contributed by atoms with Gasteiger partial charge in [-0.05, 0) is 25.3 Å². The molecule has 0 aromatic heterocycles. The van der Waals surface area contributed by atoms with Crippen LogP contribution >= 0.6 is 0 Å². The molecule has 2 rings (SSSR count). The molecular formula is C12H14N2O5. The summed E-state index contributed by atoms with van der Waals surface area (Å²) in [6.45, 7) is -0.182. The van der Waals surface area contributed by atoms with Crippen LogP contribution in [0.15, 0.2) is 18.2 Å². The topological polar surface area (TPSA) is 113 Å². The van der Waals surface area contributed by atoms with Crippen molar-refractivity contribution in [3.8, 4) is 0 Å². The molecule has 0 bridgehead atoms. The number of carboxylic acid groups (broad SMARTS) is 1. The zero-order valence-electron chi connectivity index (χ0n) is 10.1. The van der Waals surface area contributed by atoms with E-state index in [4.69, 9.17) is 5.11 Å². The molecule has 19 heavy (non-hydrogen) atoms. The van der Waals surface area contributed by atoms with Gasteiger partial charge in [-0.25, -0.2) is 4.79 Å². The van der Waals surface area contributed by atoms with Crippen molar-refractivity contribution in [3.63, 3.8) is 0 Å². The minimum Gasteiger partial charge on any atom is -0.478 e. The Labute approximate surface area is 109 Å². The van der Waals surface area contributed by atoms with Gasteiger partial charge in [-0.1, -0.05) is 6.07 Å². The van der Waals surface area contributed by atoms with Gasteiger partial charge >= 0.3 is 5.97 Å². The number of hydrogen-bond donors (Lipinski definition) is 3. The summed E-state index contributed by atoms with van der Waals surface area (Å²) >= 11 is 0. The fourth-order valence-corrected chi connectivity index (χ4v) is 2.19. The Morgan fingerprint density at radius 2 is 2.16 bits per heavy atom. The number of carbonyl (C=O) groups is 1. The summed E-state index contributed by atoms with van der Waals surface area (Å²) in [7, 11) is 0. The Kier molecular flexibility index (Phi) is 3.39. The van der Waals surface area contributed by atoms with Crippen LogP contribution in [0.3, 0.4) is 0 Å². The Morgan fingerprint density at radius 3 is 2.58 bits per heavy atom. The van der Waals surface area contributed by atoms with Crippen LogP contribution in [0.2, 0.25) is 0 Å². The maximum Gasteiger partial charge on any atom is 0.338 e. The summed E-state index contributed by atoms with van der Waals surface area (Å²) in [6.07, 6.45) is 2.22. The highest BCUT2D eigenvalue weighted by Gasteiger charge is 2.38. The van der Waals surface area contributed by atoms with E-state index < -0.39 is 16.4 Å². The molecule has 3 N–H and O–H groups in total. The molecule has 1 aliphatic carbocycles. The van der Waals surface area contributed by atoms with Crippen LogP contribution in [0.4, 0.5) is 11.4 Å². The number of aliphatic hydroxyl groups is 1. The number of nitro benzene ring substituents is 1. The molecule has 102 valence electrons. The Hall–Kier alpha value is -2.15. The van der Waals surface area contributed by atoms with E-state index in [1.54, 1.807) is 0 Å². The van der Waals surface area contributed by atoms with Crippen LogP contribution in [0, 0.1) is 10.1 Å². The minimum atomic E-state index is -1.24. The van der Waals surface area contributed by atoms with Crippen molar-refractivity contribution in [2.45, 2.75) is 24.8 Å². The van der Waals surface area contributed by atoms with Gasteiger partial charge in [-0.2, -0.15) is 0 Å². The van der Waals surface area contributed by atoms with E-state index in [9.17, 15) is 20.0 Å². The third-order valence-electron chi connectivity index (χ3n) is 3.47. The summed E-state index contributed by atoms with van der Waals surface area (Å²) < 4.78 is 0. The number of para-hydroxylation sites is 1. The molecule has 0 heterocycles. The van der Waals surface area contributed by atoms with Crippen LogP contribution in [0.5, 0.6) is 0 Å². The summed E-state index contributed by atoms with van der Waals surface area (Å²) in [4.78, 5) is 21.5. The number of nitrogens with one attached hydrogen (secondary N) is 1. The van der Waals surface area contributed by atoms with Gasteiger partial charge < -0.3 is 15.5 Å². The predicted octanol–water partition coefficient (Wildman–Crippen LogP) is 1.62. The molecular weight excluding hydrogens is 252 g/mol. The van der Waals surface area contributed by atoms with Gasteiger partial charge in [0.2, 0.25) is 0 Å². The molecule has 0 unspecified atom stereocenters. The van der Waals surface area contributed by atoms with Gasteiger partial charge in [0.15, 0.2) is 0 Å². The average Bonchev–Trinajstić information content (AvgIpc) is 2.33. The van der Waals surface area contributed by atoms with E-state index >= 15 is 0 Å². The van der Waals surface area contributed by atoms with Crippen molar-refractivity contribution < 1.29 is 19.9 Å². The van der Waals surface area contributed by atoms with Gasteiger partial charge in [-0.15, -0.1) is 0 Å². The van der Waals surface area contributed by atoms with Crippen LogP contribution in [0.1, 0.15) is 29.6 Å². The normalized spacial score (nSPS) is 16.5. The van der Waals surface area contributed by atoms with Gasteiger partial charge in [0.05, 0.1) is 22.6 Å². The highest BCUT2D eigenvalue weighted by Crippen LogP contribution is 2.39. The largest absolute Gasteiger partial charge is 0.478 e. The number of hydrogen-bond acceptors (Lipinski definition) is 5. The lowest BCUT2D eigenvalue weighted by atomic mass is 9.77. The SMILES string of the molecule is O=C(O)c1cccc([N+](=O)[O-])c1NC1(CO)CCC1. The Balaban J connectivity index is 2.46. The van der Waals surface area contributed by atoms with Crippen molar-refractivity contribution >= 4 is 17.3 Å². The first kappa shape index (κ1) is 13.3. The summed E-state index contributed by atoms with van der Waals surface area (Å²) in [5.41, 5.74) is -1.13. The zero-order valence-corrected chi connectivity index (χ0v) is 10.1. The third kappa shape index (κ3) is 2.37. The highest BCUT2D eigenvalue weighted by atomic mass is 16.6. The van der Waals surface area contributed by atoms with E-state index in [2.05, 4.69) is 5.32 Å². The first-order valence-electron chi connectivity index (χ1n) is 5.89. The molecule has 0 saturated heterocycles. The van der Waals surface area contributed by atoms with Crippen LogP contribution < -0.4 is 5.32 Å². The lowest BCUT2D eigenvalue weighted by Crippen LogP contribution is -2.48. The van der Waals surface area contributed by atoms with E-state index in [1.807, 2.05) is 0 Å². The Bertz CT molecular complexity index is 487. The molecule has 0 spiro atoms. The maximum absolute atomic E-state index is 11.2. The number of aromatic carboxylic acids is 1. The second-order valence-electron chi connectivity index (χ2n) is 4.68. The molecule has 1 aliphatic rings. The van der Waals surface area contributed by atoms with E-state index in [1.165, 1.54) is 18.2 Å². The second kappa shape index (κ2) is 4.85. The van der Waals surface area contributed by atoms with Crippen molar-refractivity contribution in [2.75, 3.05) is 11.9 Å². The summed E-state index contributed by atoms with van der Waals surface area (Å²) in [6, 6.07) is 3.89.